The summed E-state index contributed by atoms with van der Waals surface area (Å²) in [7, 11) is 1.64. The number of aliphatic hydroxyl groups is 1. The first kappa shape index (κ1) is 11.6. The Kier molecular flexibility index (Phi) is 3.40. The third kappa shape index (κ3) is 2.45. The molecule has 88 valence electrons. The van der Waals surface area contributed by atoms with E-state index in [1.54, 1.807) is 7.11 Å². The SMILES string of the molecule is COc1ccc(CO)cc1-c1ccc(C)nc1. The Balaban J connectivity index is 2.51. The Hall–Kier alpha value is -1.87. The van der Waals surface area contributed by atoms with E-state index in [4.69, 9.17) is 9.84 Å². The van der Waals surface area contributed by atoms with Gasteiger partial charge in [-0.1, -0.05) is 12.1 Å². The minimum Gasteiger partial charge on any atom is -0.496 e. The zero-order valence-corrected chi connectivity index (χ0v) is 9.97. The molecule has 0 aliphatic heterocycles. The van der Waals surface area contributed by atoms with Crippen molar-refractivity contribution in [3.05, 3.63) is 47.8 Å². The number of hydrogen-bond acceptors (Lipinski definition) is 3. The van der Waals surface area contributed by atoms with Gasteiger partial charge in [0.15, 0.2) is 0 Å². The summed E-state index contributed by atoms with van der Waals surface area (Å²) in [6, 6.07) is 9.59. The van der Waals surface area contributed by atoms with Crippen molar-refractivity contribution >= 4 is 0 Å². The third-order valence-corrected chi connectivity index (χ3v) is 2.67. The summed E-state index contributed by atoms with van der Waals surface area (Å²) in [5.74, 6) is 0.785. The van der Waals surface area contributed by atoms with Crippen LogP contribution >= 0.6 is 0 Å². The quantitative estimate of drug-likeness (QED) is 0.879. The fourth-order valence-corrected chi connectivity index (χ4v) is 1.71. The lowest BCUT2D eigenvalue weighted by Gasteiger charge is -2.10. The van der Waals surface area contributed by atoms with Crippen molar-refractivity contribution in [2.45, 2.75) is 13.5 Å². The van der Waals surface area contributed by atoms with Gasteiger partial charge in [0.1, 0.15) is 5.75 Å². The van der Waals surface area contributed by atoms with E-state index in [-0.39, 0.29) is 6.61 Å². The second kappa shape index (κ2) is 4.97. The lowest BCUT2D eigenvalue weighted by Crippen LogP contribution is -1.92. The third-order valence-electron chi connectivity index (χ3n) is 2.67. The van der Waals surface area contributed by atoms with Crippen molar-refractivity contribution in [1.82, 2.24) is 4.98 Å². The van der Waals surface area contributed by atoms with Gasteiger partial charge < -0.3 is 9.84 Å². The summed E-state index contributed by atoms with van der Waals surface area (Å²) in [5, 5.41) is 9.16. The maximum Gasteiger partial charge on any atom is 0.126 e. The van der Waals surface area contributed by atoms with Crippen molar-refractivity contribution in [3.8, 4) is 16.9 Å². The van der Waals surface area contributed by atoms with E-state index >= 15 is 0 Å². The Bertz CT molecular complexity index is 506. The Morgan fingerprint density at radius 3 is 2.65 bits per heavy atom. The molecule has 2 aromatic rings. The molecule has 1 aromatic heterocycles. The predicted molar refractivity (Wildman–Crippen MR) is 66.9 cm³/mol. The number of pyridine rings is 1. The number of aromatic nitrogens is 1. The molecule has 3 nitrogen and oxygen atoms in total. The predicted octanol–water partition coefficient (Wildman–Crippen LogP) is 2.56. The number of aliphatic hydroxyl groups excluding tert-OH is 1. The minimum atomic E-state index is 0.0241. The highest BCUT2D eigenvalue weighted by Gasteiger charge is 2.07. The van der Waals surface area contributed by atoms with Crippen LogP contribution in [0.15, 0.2) is 36.5 Å². The molecule has 0 aliphatic rings. The second-order valence-corrected chi connectivity index (χ2v) is 3.88. The maximum absolute atomic E-state index is 9.16. The van der Waals surface area contributed by atoms with Crippen LogP contribution in [0.4, 0.5) is 0 Å². The summed E-state index contributed by atoms with van der Waals surface area (Å²) in [6.07, 6.45) is 1.81. The van der Waals surface area contributed by atoms with E-state index in [9.17, 15) is 0 Å². The fraction of sp³-hybridized carbons (Fsp3) is 0.214. The lowest BCUT2D eigenvalue weighted by atomic mass is 10.0. The van der Waals surface area contributed by atoms with Gasteiger partial charge in [-0.2, -0.15) is 0 Å². The number of aryl methyl sites for hydroxylation is 1. The summed E-state index contributed by atoms with van der Waals surface area (Å²) in [4.78, 5) is 4.27. The molecule has 1 heterocycles. The Morgan fingerprint density at radius 2 is 2.06 bits per heavy atom. The summed E-state index contributed by atoms with van der Waals surface area (Å²) >= 11 is 0. The highest BCUT2D eigenvalue weighted by molar-refractivity contribution is 5.70. The largest absolute Gasteiger partial charge is 0.496 e. The molecule has 1 aromatic carbocycles. The van der Waals surface area contributed by atoms with Gasteiger partial charge in [0.2, 0.25) is 0 Å². The number of methoxy groups -OCH3 is 1. The number of nitrogens with zero attached hydrogens (tertiary/aromatic N) is 1. The average molecular weight is 229 g/mol. The molecule has 0 bridgehead atoms. The first-order chi connectivity index (χ1) is 8.24. The Morgan fingerprint density at radius 1 is 1.24 bits per heavy atom. The van der Waals surface area contributed by atoms with E-state index in [0.29, 0.717) is 0 Å². The number of ether oxygens (including phenoxy) is 1. The molecule has 0 amide bonds. The molecular weight excluding hydrogens is 214 g/mol. The number of hydrogen-bond donors (Lipinski definition) is 1. The normalized spacial score (nSPS) is 10.3. The molecular formula is C14H15NO2. The molecule has 17 heavy (non-hydrogen) atoms. The summed E-state index contributed by atoms with van der Waals surface area (Å²) in [5.41, 5.74) is 3.78. The molecule has 0 saturated heterocycles. The minimum absolute atomic E-state index is 0.0241. The fourth-order valence-electron chi connectivity index (χ4n) is 1.71. The van der Waals surface area contributed by atoms with Crippen LogP contribution in [-0.2, 0) is 6.61 Å². The average Bonchev–Trinajstić information content (AvgIpc) is 2.39. The van der Waals surface area contributed by atoms with Gasteiger partial charge in [-0.25, -0.2) is 0 Å². The van der Waals surface area contributed by atoms with Gasteiger partial charge >= 0.3 is 0 Å². The first-order valence-corrected chi connectivity index (χ1v) is 5.45. The molecule has 0 atom stereocenters. The van der Waals surface area contributed by atoms with Crippen LogP contribution in [0.2, 0.25) is 0 Å². The number of benzene rings is 1. The van der Waals surface area contributed by atoms with E-state index < -0.39 is 0 Å². The van der Waals surface area contributed by atoms with Crippen molar-refractivity contribution in [3.63, 3.8) is 0 Å². The van der Waals surface area contributed by atoms with Gasteiger partial charge in [0.05, 0.1) is 13.7 Å². The van der Waals surface area contributed by atoms with Gasteiger partial charge in [-0.3, -0.25) is 4.98 Å². The second-order valence-electron chi connectivity index (χ2n) is 3.88. The molecule has 0 aliphatic carbocycles. The molecule has 1 N–H and O–H groups in total. The first-order valence-electron chi connectivity index (χ1n) is 5.45. The highest BCUT2D eigenvalue weighted by Crippen LogP contribution is 2.30. The number of rotatable bonds is 3. The monoisotopic (exact) mass is 229 g/mol. The van der Waals surface area contributed by atoms with Gasteiger partial charge in [0.25, 0.3) is 0 Å². The molecule has 2 rings (SSSR count). The van der Waals surface area contributed by atoms with Crippen molar-refractivity contribution in [1.29, 1.82) is 0 Å². The van der Waals surface area contributed by atoms with Crippen molar-refractivity contribution < 1.29 is 9.84 Å². The van der Waals surface area contributed by atoms with Crippen molar-refractivity contribution in [2.24, 2.45) is 0 Å². The lowest BCUT2D eigenvalue weighted by molar-refractivity contribution is 0.281. The van der Waals surface area contributed by atoms with E-state index in [1.807, 2.05) is 43.5 Å². The van der Waals surface area contributed by atoms with E-state index in [1.165, 1.54) is 0 Å². The van der Waals surface area contributed by atoms with Crippen molar-refractivity contribution in [2.75, 3.05) is 7.11 Å². The molecule has 0 fully saturated rings. The van der Waals surface area contributed by atoms with Gasteiger partial charge in [-0.15, -0.1) is 0 Å². The maximum atomic E-state index is 9.16. The van der Waals surface area contributed by atoms with Crippen LogP contribution in [0.3, 0.4) is 0 Å². The summed E-state index contributed by atoms with van der Waals surface area (Å²) in [6.45, 7) is 1.97. The molecule has 0 radical (unpaired) electrons. The van der Waals surface area contributed by atoms with Crippen LogP contribution in [0.1, 0.15) is 11.3 Å². The van der Waals surface area contributed by atoms with Gasteiger partial charge in [0, 0.05) is 23.0 Å². The van der Waals surface area contributed by atoms with E-state index in [2.05, 4.69) is 4.98 Å². The van der Waals surface area contributed by atoms with Crippen LogP contribution in [0.25, 0.3) is 11.1 Å². The van der Waals surface area contributed by atoms with Gasteiger partial charge in [-0.05, 0) is 30.7 Å². The topological polar surface area (TPSA) is 42.4 Å². The molecule has 3 heteroatoms. The van der Waals surface area contributed by atoms with Crippen LogP contribution in [0.5, 0.6) is 5.75 Å². The standard InChI is InChI=1S/C14H15NO2/c1-10-3-5-12(8-15-10)13-7-11(9-16)4-6-14(13)17-2/h3-8,16H,9H2,1-2H3. The summed E-state index contributed by atoms with van der Waals surface area (Å²) < 4.78 is 5.32. The molecule has 0 unspecified atom stereocenters. The zero-order valence-electron chi connectivity index (χ0n) is 9.97. The van der Waals surface area contributed by atoms with Crippen LogP contribution in [0, 0.1) is 6.92 Å². The molecule has 0 saturated carbocycles. The van der Waals surface area contributed by atoms with E-state index in [0.717, 1.165) is 28.1 Å². The zero-order chi connectivity index (χ0) is 12.3. The molecule has 0 spiro atoms. The van der Waals surface area contributed by atoms with Crippen LogP contribution in [-0.4, -0.2) is 17.2 Å². The highest BCUT2D eigenvalue weighted by atomic mass is 16.5. The Labute approximate surface area is 101 Å². The van der Waals surface area contributed by atoms with Crippen LogP contribution < -0.4 is 4.74 Å². The smallest absolute Gasteiger partial charge is 0.126 e.